The van der Waals surface area contributed by atoms with Crippen LogP contribution in [0.4, 0.5) is 0 Å². The second kappa shape index (κ2) is 5.69. The minimum atomic E-state index is -0.384. The number of hydrogen-bond donors (Lipinski definition) is 0. The summed E-state index contributed by atoms with van der Waals surface area (Å²) in [5.74, 6) is 0.854. The van der Waals surface area contributed by atoms with Crippen molar-refractivity contribution in [3.8, 4) is 17.6 Å². The molecule has 0 radical (unpaired) electrons. The number of nitrogens with zero attached hydrogens (tertiary/aromatic N) is 1. The first-order valence-electron chi connectivity index (χ1n) is 5.59. The molecule has 2 aromatic carbocycles. The van der Waals surface area contributed by atoms with Gasteiger partial charge in [-0.15, -0.1) is 0 Å². The maximum absolute atomic E-state index is 11.3. The molecular formula is C15H11NO3. The van der Waals surface area contributed by atoms with E-state index in [1.54, 1.807) is 48.5 Å². The molecule has 0 amide bonds. The molecule has 0 unspecified atom stereocenters. The summed E-state index contributed by atoms with van der Waals surface area (Å²) in [6.45, 7) is 0. The van der Waals surface area contributed by atoms with E-state index in [-0.39, 0.29) is 5.97 Å². The van der Waals surface area contributed by atoms with Crippen LogP contribution in [0.1, 0.15) is 15.9 Å². The Labute approximate surface area is 110 Å². The lowest BCUT2D eigenvalue weighted by atomic mass is 10.2. The van der Waals surface area contributed by atoms with Gasteiger partial charge in [0.2, 0.25) is 0 Å². The quantitative estimate of drug-likeness (QED) is 0.788. The highest BCUT2D eigenvalue weighted by Crippen LogP contribution is 2.22. The number of rotatable bonds is 3. The van der Waals surface area contributed by atoms with Crippen molar-refractivity contribution in [3.63, 3.8) is 0 Å². The van der Waals surface area contributed by atoms with Crippen LogP contribution < -0.4 is 4.74 Å². The molecule has 0 bridgehead atoms. The zero-order chi connectivity index (χ0) is 13.7. The van der Waals surface area contributed by atoms with Gasteiger partial charge in [0.25, 0.3) is 0 Å². The number of hydrogen-bond acceptors (Lipinski definition) is 4. The van der Waals surface area contributed by atoms with E-state index in [1.165, 1.54) is 7.11 Å². The van der Waals surface area contributed by atoms with Gasteiger partial charge in [-0.05, 0) is 48.5 Å². The lowest BCUT2D eigenvalue weighted by Gasteiger charge is -2.06. The highest BCUT2D eigenvalue weighted by molar-refractivity contribution is 5.89. The molecule has 19 heavy (non-hydrogen) atoms. The first-order chi connectivity index (χ1) is 9.22. The SMILES string of the molecule is COC(=O)c1ccc(Oc2ccc(C#N)cc2)cc1. The van der Waals surface area contributed by atoms with Crippen molar-refractivity contribution >= 4 is 5.97 Å². The second-order valence-electron chi connectivity index (χ2n) is 3.75. The lowest BCUT2D eigenvalue weighted by molar-refractivity contribution is 0.0600. The molecule has 94 valence electrons. The van der Waals surface area contributed by atoms with Crippen LogP contribution in [0.15, 0.2) is 48.5 Å². The Morgan fingerprint density at radius 3 is 2.00 bits per heavy atom. The molecule has 0 N–H and O–H groups in total. The molecule has 0 aliphatic heterocycles. The molecule has 0 atom stereocenters. The number of benzene rings is 2. The van der Waals surface area contributed by atoms with E-state index >= 15 is 0 Å². The minimum Gasteiger partial charge on any atom is -0.465 e. The van der Waals surface area contributed by atoms with E-state index in [0.717, 1.165) is 0 Å². The Morgan fingerprint density at radius 2 is 1.53 bits per heavy atom. The van der Waals surface area contributed by atoms with Gasteiger partial charge >= 0.3 is 5.97 Å². The van der Waals surface area contributed by atoms with Gasteiger partial charge in [0.05, 0.1) is 24.3 Å². The number of esters is 1. The van der Waals surface area contributed by atoms with Crippen LogP contribution in [0.3, 0.4) is 0 Å². The Hall–Kier alpha value is -2.80. The summed E-state index contributed by atoms with van der Waals surface area (Å²) in [5, 5.41) is 8.69. The van der Waals surface area contributed by atoms with Crippen LogP contribution in [0.2, 0.25) is 0 Å². The Kier molecular flexibility index (Phi) is 3.79. The zero-order valence-corrected chi connectivity index (χ0v) is 10.3. The van der Waals surface area contributed by atoms with Crippen molar-refractivity contribution < 1.29 is 14.3 Å². The summed E-state index contributed by atoms with van der Waals surface area (Å²) in [7, 11) is 1.34. The molecule has 0 saturated heterocycles. The Morgan fingerprint density at radius 1 is 1.00 bits per heavy atom. The van der Waals surface area contributed by atoms with E-state index in [1.807, 2.05) is 6.07 Å². The molecule has 0 saturated carbocycles. The predicted octanol–water partition coefficient (Wildman–Crippen LogP) is 3.14. The molecule has 0 aliphatic carbocycles. The molecule has 2 aromatic rings. The molecule has 0 spiro atoms. The van der Waals surface area contributed by atoms with Gasteiger partial charge in [0.1, 0.15) is 11.5 Å². The molecule has 0 aromatic heterocycles. The summed E-state index contributed by atoms with van der Waals surface area (Å²) >= 11 is 0. The average molecular weight is 253 g/mol. The van der Waals surface area contributed by atoms with Crippen molar-refractivity contribution in [1.82, 2.24) is 0 Å². The molecule has 0 aliphatic rings. The average Bonchev–Trinajstić information content (AvgIpc) is 2.48. The van der Waals surface area contributed by atoms with Crippen LogP contribution in [0.5, 0.6) is 11.5 Å². The van der Waals surface area contributed by atoms with Crippen molar-refractivity contribution in [1.29, 1.82) is 5.26 Å². The van der Waals surface area contributed by atoms with Crippen molar-refractivity contribution in [3.05, 3.63) is 59.7 Å². The van der Waals surface area contributed by atoms with Crippen molar-refractivity contribution in [2.45, 2.75) is 0 Å². The van der Waals surface area contributed by atoms with E-state index in [0.29, 0.717) is 22.6 Å². The van der Waals surface area contributed by atoms with Gasteiger partial charge in [0.15, 0.2) is 0 Å². The summed E-state index contributed by atoms with van der Waals surface area (Å²) in [5.41, 5.74) is 1.04. The standard InChI is InChI=1S/C15H11NO3/c1-18-15(17)12-4-8-14(9-5-12)19-13-6-2-11(10-16)3-7-13/h2-9H,1H3. The van der Waals surface area contributed by atoms with E-state index in [2.05, 4.69) is 4.74 Å². The largest absolute Gasteiger partial charge is 0.465 e. The fourth-order valence-corrected chi connectivity index (χ4v) is 1.51. The summed E-state index contributed by atoms with van der Waals surface area (Å²) in [6, 6.07) is 15.5. The van der Waals surface area contributed by atoms with Crippen LogP contribution in [-0.2, 0) is 4.74 Å². The highest BCUT2D eigenvalue weighted by Gasteiger charge is 2.05. The molecule has 4 heteroatoms. The number of nitriles is 1. The first kappa shape index (κ1) is 12.7. The topological polar surface area (TPSA) is 59.3 Å². The number of ether oxygens (including phenoxy) is 2. The van der Waals surface area contributed by atoms with Gasteiger partial charge in [-0.3, -0.25) is 0 Å². The number of carbonyl (C=O) groups excluding carboxylic acids is 1. The van der Waals surface area contributed by atoms with Gasteiger partial charge < -0.3 is 9.47 Å². The van der Waals surface area contributed by atoms with Crippen LogP contribution in [-0.4, -0.2) is 13.1 Å². The monoisotopic (exact) mass is 253 g/mol. The normalized spacial score (nSPS) is 9.47. The third-order valence-electron chi connectivity index (χ3n) is 2.49. The summed E-state index contributed by atoms with van der Waals surface area (Å²) < 4.78 is 10.2. The Balaban J connectivity index is 2.10. The molecule has 4 nitrogen and oxygen atoms in total. The molecule has 0 fully saturated rings. The lowest BCUT2D eigenvalue weighted by Crippen LogP contribution is -2.00. The Bertz CT molecular complexity index is 609. The molecular weight excluding hydrogens is 242 g/mol. The van der Waals surface area contributed by atoms with Gasteiger partial charge in [-0.25, -0.2) is 4.79 Å². The smallest absolute Gasteiger partial charge is 0.337 e. The fourth-order valence-electron chi connectivity index (χ4n) is 1.51. The summed E-state index contributed by atoms with van der Waals surface area (Å²) in [6.07, 6.45) is 0. The van der Waals surface area contributed by atoms with Crippen LogP contribution in [0.25, 0.3) is 0 Å². The zero-order valence-electron chi connectivity index (χ0n) is 10.3. The number of methoxy groups -OCH3 is 1. The van der Waals surface area contributed by atoms with E-state index in [4.69, 9.17) is 10.00 Å². The van der Waals surface area contributed by atoms with E-state index in [9.17, 15) is 4.79 Å². The third kappa shape index (κ3) is 3.11. The predicted molar refractivity (Wildman–Crippen MR) is 69.0 cm³/mol. The maximum Gasteiger partial charge on any atom is 0.337 e. The highest BCUT2D eigenvalue weighted by atomic mass is 16.5. The fraction of sp³-hybridized carbons (Fsp3) is 0.0667. The minimum absolute atomic E-state index is 0.384. The van der Waals surface area contributed by atoms with Crippen LogP contribution >= 0.6 is 0 Å². The maximum atomic E-state index is 11.3. The number of carbonyl (C=O) groups is 1. The van der Waals surface area contributed by atoms with Gasteiger partial charge in [0, 0.05) is 0 Å². The second-order valence-corrected chi connectivity index (χ2v) is 3.75. The first-order valence-corrected chi connectivity index (χ1v) is 5.59. The molecule has 0 heterocycles. The van der Waals surface area contributed by atoms with Crippen molar-refractivity contribution in [2.24, 2.45) is 0 Å². The molecule has 2 rings (SSSR count). The summed E-state index contributed by atoms with van der Waals surface area (Å²) in [4.78, 5) is 11.3. The van der Waals surface area contributed by atoms with Gasteiger partial charge in [-0.2, -0.15) is 5.26 Å². The van der Waals surface area contributed by atoms with Crippen LogP contribution in [0, 0.1) is 11.3 Å². The van der Waals surface area contributed by atoms with Gasteiger partial charge in [-0.1, -0.05) is 0 Å². The van der Waals surface area contributed by atoms with Crippen molar-refractivity contribution in [2.75, 3.05) is 7.11 Å². The third-order valence-corrected chi connectivity index (χ3v) is 2.49. The van der Waals surface area contributed by atoms with E-state index < -0.39 is 0 Å².